The molecule has 0 radical (unpaired) electrons. The Kier molecular flexibility index (Phi) is 2.83. The van der Waals surface area contributed by atoms with Crippen LogP contribution >= 0.6 is 0 Å². The standard InChI is InChI=1S/C12H13N5O3/c1-5-8(18)9(19)12(20-5)17-3-6(2-13)7-10(14)15-4-16-11(7)17/h3-5,8-9,12,18-19H,1H3,(H2,14,15,16)/t5-,8-,9+,12+/m1/s1. The number of aliphatic hydroxyl groups is 2. The summed E-state index contributed by atoms with van der Waals surface area (Å²) in [6.45, 7) is 1.66. The number of nitrogen functional groups attached to an aromatic ring is 1. The average Bonchev–Trinajstić information content (AvgIpc) is 2.93. The molecule has 104 valence electrons. The minimum atomic E-state index is -1.11. The second-order valence-corrected chi connectivity index (χ2v) is 4.73. The number of hydrogen-bond donors (Lipinski definition) is 3. The Bertz CT molecular complexity index is 707. The van der Waals surface area contributed by atoms with Crippen LogP contribution in [0.1, 0.15) is 18.7 Å². The molecule has 0 amide bonds. The number of nitrogens with two attached hydrogens (primary N) is 1. The van der Waals surface area contributed by atoms with Crippen LogP contribution in [0.25, 0.3) is 11.0 Å². The predicted octanol–water partition coefficient (Wildman–Crippen LogP) is -0.476. The van der Waals surface area contributed by atoms with Crippen molar-refractivity contribution in [2.75, 3.05) is 5.73 Å². The highest BCUT2D eigenvalue weighted by Gasteiger charge is 2.42. The lowest BCUT2D eigenvalue weighted by Crippen LogP contribution is -2.30. The molecule has 8 heteroatoms. The lowest BCUT2D eigenvalue weighted by molar-refractivity contribution is -0.0296. The summed E-state index contributed by atoms with van der Waals surface area (Å²) in [5.41, 5.74) is 6.45. The van der Waals surface area contributed by atoms with Crippen LogP contribution in [0.4, 0.5) is 5.82 Å². The maximum Gasteiger partial charge on any atom is 0.164 e. The molecule has 4 atom stereocenters. The van der Waals surface area contributed by atoms with Crippen LogP contribution in [-0.2, 0) is 4.74 Å². The van der Waals surface area contributed by atoms with E-state index in [-0.39, 0.29) is 5.82 Å². The van der Waals surface area contributed by atoms with E-state index in [4.69, 9.17) is 15.7 Å². The molecule has 1 fully saturated rings. The molecule has 1 aliphatic rings. The van der Waals surface area contributed by atoms with Gasteiger partial charge in [0, 0.05) is 6.20 Å². The largest absolute Gasteiger partial charge is 0.388 e. The van der Waals surface area contributed by atoms with E-state index in [2.05, 4.69) is 9.97 Å². The maximum atomic E-state index is 10.0. The van der Waals surface area contributed by atoms with E-state index in [1.807, 2.05) is 6.07 Å². The summed E-state index contributed by atoms with van der Waals surface area (Å²) in [5.74, 6) is 0.186. The van der Waals surface area contributed by atoms with Crippen LogP contribution in [0.15, 0.2) is 12.5 Å². The highest BCUT2D eigenvalue weighted by atomic mass is 16.6. The zero-order valence-corrected chi connectivity index (χ0v) is 10.6. The topological polar surface area (TPSA) is 130 Å². The first kappa shape index (κ1) is 12.8. The number of anilines is 1. The highest BCUT2D eigenvalue weighted by molar-refractivity contribution is 5.91. The van der Waals surface area contributed by atoms with Crippen LogP contribution in [0, 0.1) is 11.3 Å². The summed E-state index contributed by atoms with van der Waals surface area (Å²) < 4.78 is 7.03. The van der Waals surface area contributed by atoms with E-state index in [9.17, 15) is 10.2 Å². The van der Waals surface area contributed by atoms with Gasteiger partial charge in [0.2, 0.25) is 0 Å². The molecule has 20 heavy (non-hydrogen) atoms. The molecule has 3 heterocycles. The number of hydrogen-bond acceptors (Lipinski definition) is 7. The number of aliphatic hydroxyl groups excluding tert-OH is 2. The van der Waals surface area contributed by atoms with Crippen molar-refractivity contribution < 1.29 is 14.9 Å². The summed E-state index contributed by atoms with van der Waals surface area (Å²) in [6, 6.07) is 2.01. The molecule has 0 aromatic carbocycles. The third-order valence-corrected chi connectivity index (χ3v) is 3.51. The van der Waals surface area contributed by atoms with Gasteiger partial charge in [-0.05, 0) is 6.92 Å². The van der Waals surface area contributed by atoms with Crippen molar-refractivity contribution in [2.24, 2.45) is 0 Å². The summed E-state index contributed by atoms with van der Waals surface area (Å²) in [4.78, 5) is 7.94. The van der Waals surface area contributed by atoms with Crippen molar-refractivity contribution in [1.29, 1.82) is 5.26 Å². The highest BCUT2D eigenvalue weighted by Crippen LogP contribution is 2.34. The van der Waals surface area contributed by atoms with Gasteiger partial charge in [-0.15, -0.1) is 0 Å². The van der Waals surface area contributed by atoms with E-state index in [0.29, 0.717) is 16.6 Å². The molecule has 1 aliphatic heterocycles. The lowest BCUT2D eigenvalue weighted by atomic mass is 10.1. The fourth-order valence-corrected chi connectivity index (χ4v) is 2.44. The summed E-state index contributed by atoms with van der Waals surface area (Å²) >= 11 is 0. The third-order valence-electron chi connectivity index (χ3n) is 3.51. The smallest absolute Gasteiger partial charge is 0.164 e. The molecule has 1 saturated heterocycles. The third kappa shape index (κ3) is 1.65. The fourth-order valence-electron chi connectivity index (χ4n) is 2.44. The van der Waals surface area contributed by atoms with Gasteiger partial charge >= 0.3 is 0 Å². The summed E-state index contributed by atoms with van der Waals surface area (Å²) in [5, 5.41) is 29.4. The second-order valence-electron chi connectivity index (χ2n) is 4.73. The average molecular weight is 275 g/mol. The molecule has 4 N–H and O–H groups in total. The van der Waals surface area contributed by atoms with E-state index in [0.717, 1.165) is 0 Å². The number of rotatable bonds is 1. The van der Waals surface area contributed by atoms with Gasteiger partial charge in [0.1, 0.15) is 36.1 Å². The monoisotopic (exact) mass is 275 g/mol. The fraction of sp³-hybridized carbons (Fsp3) is 0.417. The molecule has 0 bridgehead atoms. The van der Waals surface area contributed by atoms with Crippen molar-refractivity contribution in [3.05, 3.63) is 18.1 Å². The molecule has 2 aromatic heterocycles. The Hall–Kier alpha value is -2.21. The molecule has 0 aliphatic carbocycles. The Morgan fingerprint density at radius 1 is 1.40 bits per heavy atom. The van der Waals surface area contributed by atoms with Crippen LogP contribution in [-0.4, -0.2) is 43.1 Å². The summed E-state index contributed by atoms with van der Waals surface area (Å²) in [7, 11) is 0. The number of ether oxygens (including phenoxy) is 1. The molecule has 0 unspecified atom stereocenters. The van der Waals surface area contributed by atoms with Crippen molar-refractivity contribution in [3.8, 4) is 6.07 Å². The van der Waals surface area contributed by atoms with Crippen LogP contribution in [0.5, 0.6) is 0 Å². The predicted molar refractivity (Wildman–Crippen MR) is 68.3 cm³/mol. The van der Waals surface area contributed by atoms with Crippen LogP contribution in [0.3, 0.4) is 0 Å². The maximum absolute atomic E-state index is 10.0. The Labute approximate surface area is 114 Å². The molecule has 3 rings (SSSR count). The van der Waals surface area contributed by atoms with Gasteiger partial charge in [0.25, 0.3) is 0 Å². The quantitative estimate of drug-likeness (QED) is 0.641. The molecular formula is C12H13N5O3. The zero-order chi connectivity index (χ0) is 14.4. The first-order valence-corrected chi connectivity index (χ1v) is 6.07. The number of nitrogens with zero attached hydrogens (tertiary/aromatic N) is 4. The van der Waals surface area contributed by atoms with Gasteiger partial charge in [-0.3, -0.25) is 0 Å². The first-order chi connectivity index (χ1) is 9.54. The number of aromatic nitrogens is 3. The van der Waals surface area contributed by atoms with Crippen LogP contribution < -0.4 is 5.73 Å². The van der Waals surface area contributed by atoms with Crippen molar-refractivity contribution in [1.82, 2.24) is 14.5 Å². The minimum absolute atomic E-state index is 0.186. The van der Waals surface area contributed by atoms with Crippen molar-refractivity contribution in [3.63, 3.8) is 0 Å². The van der Waals surface area contributed by atoms with E-state index >= 15 is 0 Å². The Morgan fingerprint density at radius 2 is 2.15 bits per heavy atom. The number of fused-ring (bicyclic) bond motifs is 1. The molecule has 0 spiro atoms. The van der Waals surface area contributed by atoms with E-state index in [1.165, 1.54) is 17.1 Å². The van der Waals surface area contributed by atoms with Gasteiger partial charge in [-0.2, -0.15) is 5.26 Å². The van der Waals surface area contributed by atoms with Gasteiger partial charge in [-0.1, -0.05) is 0 Å². The second kappa shape index (κ2) is 4.42. The normalized spacial score (nSPS) is 29.7. The van der Waals surface area contributed by atoms with Crippen molar-refractivity contribution >= 4 is 16.9 Å². The number of nitriles is 1. The Balaban J connectivity index is 2.19. The van der Waals surface area contributed by atoms with Gasteiger partial charge in [0.05, 0.1) is 17.1 Å². The van der Waals surface area contributed by atoms with E-state index < -0.39 is 24.5 Å². The molecular weight excluding hydrogens is 262 g/mol. The van der Waals surface area contributed by atoms with Gasteiger partial charge in [-0.25, -0.2) is 9.97 Å². The molecule has 8 nitrogen and oxygen atoms in total. The summed E-state index contributed by atoms with van der Waals surface area (Å²) in [6.07, 6.45) is -0.674. The van der Waals surface area contributed by atoms with E-state index in [1.54, 1.807) is 6.92 Å². The Morgan fingerprint density at radius 3 is 2.75 bits per heavy atom. The zero-order valence-electron chi connectivity index (χ0n) is 10.6. The van der Waals surface area contributed by atoms with Crippen LogP contribution in [0.2, 0.25) is 0 Å². The first-order valence-electron chi connectivity index (χ1n) is 6.07. The minimum Gasteiger partial charge on any atom is -0.388 e. The van der Waals surface area contributed by atoms with Gasteiger partial charge < -0.3 is 25.3 Å². The molecule has 2 aromatic rings. The SMILES string of the molecule is C[C@H]1O[C@H](n2cc(C#N)c3c(N)ncnc32)[C@@H](O)[C@@H]1O. The van der Waals surface area contributed by atoms with Crippen molar-refractivity contribution in [2.45, 2.75) is 31.5 Å². The van der Waals surface area contributed by atoms with Gasteiger partial charge in [0.15, 0.2) is 6.23 Å². The molecule has 0 saturated carbocycles. The lowest BCUT2D eigenvalue weighted by Gasteiger charge is -2.17.